The third-order valence-electron chi connectivity index (χ3n) is 11.6. The summed E-state index contributed by atoms with van der Waals surface area (Å²) in [6.45, 7) is 11.7. The number of carboxylic acid groups (broad SMARTS) is 1. The molecular weight excluding hydrogens is 478 g/mol. The summed E-state index contributed by atoms with van der Waals surface area (Å²) in [5, 5.41) is 10.2. The number of hydrogen-bond donors (Lipinski definition) is 1. The van der Waals surface area contributed by atoms with E-state index in [0.29, 0.717) is 5.92 Å². The van der Waals surface area contributed by atoms with Gasteiger partial charge in [0.25, 0.3) is 5.72 Å². The summed E-state index contributed by atoms with van der Waals surface area (Å²) in [4.78, 5) is 39.5. The minimum atomic E-state index is -0.839. The van der Waals surface area contributed by atoms with Gasteiger partial charge in [-0.1, -0.05) is 26.3 Å². The Hall–Kier alpha value is -1.53. The summed E-state index contributed by atoms with van der Waals surface area (Å²) in [5.74, 6) is -0.635. The van der Waals surface area contributed by atoms with Crippen LogP contribution >= 0.6 is 0 Å². The fourth-order valence-electron chi connectivity index (χ4n) is 10.1. The fourth-order valence-corrected chi connectivity index (χ4v) is 10.1. The summed E-state index contributed by atoms with van der Waals surface area (Å²) in [6.07, 6.45) is 7.54. The molecule has 6 aliphatic rings. The Morgan fingerprint density at radius 3 is 2.61 bits per heavy atom. The zero-order chi connectivity index (χ0) is 25.1. The third-order valence-corrected chi connectivity index (χ3v) is 11.6. The van der Waals surface area contributed by atoms with Gasteiger partial charge in [-0.05, 0) is 56.4 Å². The minimum absolute atomic E-state index is 0. The molecule has 0 radical (unpaired) electrons. The monoisotopic (exact) mass is 517 g/mol. The number of carboxylic acids is 1. The van der Waals surface area contributed by atoms with E-state index in [-0.39, 0.29) is 66.4 Å². The molecule has 36 heavy (non-hydrogen) atoms. The molecule has 1 spiro atoms. The molecule has 6 rings (SSSR count). The van der Waals surface area contributed by atoms with Gasteiger partial charge in [0.1, 0.15) is 11.9 Å². The van der Waals surface area contributed by atoms with Crippen molar-refractivity contribution in [3.63, 3.8) is 0 Å². The van der Waals surface area contributed by atoms with Gasteiger partial charge in [-0.3, -0.25) is 14.4 Å². The van der Waals surface area contributed by atoms with Crippen LogP contribution in [-0.2, 0) is 19.1 Å². The van der Waals surface area contributed by atoms with E-state index in [9.17, 15) is 19.5 Å². The maximum absolute atomic E-state index is 14.0. The second-order valence-electron chi connectivity index (χ2n) is 13.7. The average molecular weight is 518 g/mol. The van der Waals surface area contributed by atoms with Gasteiger partial charge in [-0.2, -0.15) is 0 Å². The van der Waals surface area contributed by atoms with Crippen molar-refractivity contribution in [3.8, 4) is 0 Å². The van der Waals surface area contributed by atoms with E-state index in [0.717, 1.165) is 50.6 Å². The molecule has 0 unspecified atom stereocenters. The van der Waals surface area contributed by atoms with Crippen molar-refractivity contribution in [2.24, 2.45) is 39.9 Å². The number of halogens is 1. The van der Waals surface area contributed by atoms with E-state index in [1.165, 1.54) is 5.71 Å². The number of carbonyl (C=O) groups is 3. The van der Waals surface area contributed by atoms with Crippen LogP contribution in [0.5, 0.6) is 0 Å². The van der Waals surface area contributed by atoms with Gasteiger partial charge in [-0.25, -0.2) is 4.58 Å². The number of nitrogens with zero attached hydrogens (tertiary/aromatic N) is 1. The summed E-state index contributed by atoms with van der Waals surface area (Å²) in [5.41, 5.74) is 0.530. The summed E-state index contributed by atoms with van der Waals surface area (Å²) >= 11 is 0. The Morgan fingerprint density at radius 2 is 1.92 bits per heavy atom. The lowest BCUT2D eigenvalue weighted by Gasteiger charge is -2.65. The summed E-state index contributed by atoms with van der Waals surface area (Å²) < 4.78 is 9.23. The van der Waals surface area contributed by atoms with Gasteiger partial charge in [0, 0.05) is 42.9 Å². The minimum Gasteiger partial charge on any atom is -1.00 e. The van der Waals surface area contributed by atoms with Crippen molar-refractivity contribution in [3.05, 3.63) is 11.6 Å². The molecule has 2 saturated heterocycles. The predicted octanol–water partition coefficient (Wildman–Crippen LogP) is 1.40. The van der Waals surface area contributed by atoms with Crippen LogP contribution in [0.25, 0.3) is 0 Å². The number of aliphatic carboxylic acids is 1. The van der Waals surface area contributed by atoms with Crippen molar-refractivity contribution in [2.45, 2.75) is 97.8 Å². The number of fused-ring (bicyclic) bond motifs is 5. The van der Waals surface area contributed by atoms with Crippen LogP contribution in [0.1, 0.15) is 86.0 Å². The zero-order valence-electron chi connectivity index (χ0n) is 22.2. The third kappa shape index (κ3) is 3.19. The Balaban J connectivity index is 0.00000267. The molecule has 6 nitrogen and oxygen atoms in total. The fraction of sp³-hybridized carbons (Fsp3) is 0.793. The van der Waals surface area contributed by atoms with Crippen molar-refractivity contribution >= 4 is 23.2 Å². The van der Waals surface area contributed by atoms with Crippen LogP contribution in [0.3, 0.4) is 0 Å². The van der Waals surface area contributed by atoms with Crippen LogP contribution in [-0.4, -0.2) is 51.3 Å². The van der Waals surface area contributed by atoms with Crippen LogP contribution in [0.4, 0.5) is 0 Å². The largest absolute Gasteiger partial charge is 1.00 e. The Labute approximate surface area is 220 Å². The highest BCUT2D eigenvalue weighted by Gasteiger charge is 2.74. The smallest absolute Gasteiger partial charge is 0.303 e. The highest BCUT2D eigenvalue weighted by atomic mass is 35.5. The number of hydrogen-bond acceptors (Lipinski definition) is 4. The normalized spacial score (nSPS) is 49.2. The van der Waals surface area contributed by atoms with Gasteiger partial charge >= 0.3 is 5.97 Å². The number of ether oxygens (including phenoxy) is 1. The lowest BCUT2D eigenvalue weighted by atomic mass is 9.36. The number of rotatable bonds is 2. The van der Waals surface area contributed by atoms with E-state index in [1.54, 1.807) is 6.08 Å². The quantitative estimate of drug-likeness (QED) is 0.560. The van der Waals surface area contributed by atoms with Crippen molar-refractivity contribution in [1.29, 1.82) is 0 Å². The standard InChI is InChI=1S/C29H39NO5.ClH/c1-16-9-20-19(21(31)10-16)11-22(32)25-26(20,3)13-23-27(4,28(25,5)14-24(33)34)6-7-29-12-17(2)8-18(35-29)15-30(23)29;/h10,17-20,25H,6-9,11-15H2,1-5H3;1H/t17-,18+,19-,20+,25-,26-,27+,28-,29-;/m0./s1. The molecule has 3 heterocycles. The van der Waals surface area contributed by atoms with E-state index in [4.69, 9.17) is 4.74 Å². The molecule has 198 valence electrons. The van der Waals surface area contributed by atoms with Gasteiger partial charge in [0.2, 0.25) is 0 Å². The van der Waals surface area contributed by atoms with E-state index < -0.39 is 22.2 Å². The van der Waals surface area contributed by atoms with Crippen LogP contribution in [0.15, 0.2) is 11.6 Å². The molecule has 0 amide bonds. The lowest BCUT2D eigenvalue weighted by Crippen LogP contribution is -3.00. The van der Waals surface area contributed by atoms with E-state index in [1.807, 2.05) is 6.92 Å². The first-order chi connectivity index (χ1) is 16.3. The average Bonchev–Trinajstić information content (AvgIpc) is 3.01. The van der Waals surface area contributed by atoms with Gasteiger partial charge in [0.05, 0.1) is 11.8 Å². The molecule has 1 N–H and O–H groups in total. The number of Topliss-reactive ketones (excluding diaryl/α,β-unsaturated/α-hetero) is 1. The molecule has 2 saturated carbocycles. The first kappa shape index (κ1) is 26.1. The molecule has 2 bridgehead atoms. The number of allylic oxidation sites excluding steroid dienone is 2. The van der Waals surface area contributed by atoms with E-state index in [2.05, 4.69) is 32.3 Å². The molecule has 7 heteroatoms. The maximum Gasteiger partial charge on any atom is 0.303 e. The number of carbonyl (C=O) groups excluding carboxylic acids is 2. The Bertz CT molecular complexity index is 1110. The summed E-state index contributed by atoms with van der Waals surface area (Å²) in [6, 6.07) is 0. The zero-order valence-corrected chi connectivity index (χ0v) is 23.0. The maximum atomic E-state index is 14.0. The molecule has 3 aliphatic carbocycles. The molecule has 0 aromatic carbocycles. The second kappa shape index (κ2) is 7.99. The number of ketones is 2. The second-order valence-corrected chi connectivity index (χ2v) is 13.7. The Kier molecular flexibility index (Phi) is 5.79. The molecule has 0 aromatic rings. The summed E-state index contributed by atoms with van der Waals surface area (Å²) in [7, 11) is 0. The first-order valence-electron chi connectivity index (χ1n) is 13.6. The molecule has 9 atom stereocenters. The van der Waals surface area contributed by atoms with Gasteiger partial charge < -0.3 is 22.3 Å². The van der Waals surface area contributed by atoms with E-state index >= 15 is 0 Å². The van der Waals surface area contributed by atoms with Crippen LogP contribution in [0, 0.1) is 39.9 Å². The highest BCUT2D eigenvalue weighted by Crippen LogP contribution is 2.69. The Morgan fingerprint density at radius 1 is 1.19 bits per heavy atom. The molecule has 3 aliphatic heterocycles. The van der Waals surface area contributed by atoms with Gasteiger partial charge in [0.15, 0.2) is 18.0 Å². The van der Waals surface area contributed by atoms with Gasteiger partial charge in [-0.15, -0.1) is 0 Å². The van der Waals surface area contributed by atoms with Crippen molar-refractivity contribution in [2.75, 3.05) is 6.54 Å². The van der Waals surface area contributed by atoms with Crippen LogP contribution < -0.4 is 12.4 Å². The topological polar surface area (TPSA) is 83.7 Å². The predicted molar refractivity (Wildman–Crippen MR) is 130 cm³/mol. The molecule has 4 fully saturated rings. The molecular formula is C29H40ClNO5. The highest BCUT2D eigenvalue weighted by molar-refractivity contribution is 6.01. The molecule has 0 aromatic heterocycles. The van der Waals surface area contributed by atoms with Crippen LogP contribution in [0.2, 0.25) is 0 Å². The van der Waals surface area contributed by atoms with Crippen molar-refractivity contribution < 1.29 is 41.2 Å². The van der Waals surface area contributed by atoms with Crippen molar-refractivity contribution in [1.82, 2.24) is 0 Å². The lowest BCUT2D eigenvalue weighted by molar-refractivity contribution is -0.635. The SMILES string of the molecule is CC1=CC(=O)[C@H]2CC(=O)[C@H]3[C@@](C)(CC4=[N+]5C[C@H]6C[C@H](C)C[C@]5(CC[C@@]4(C)[C@@]3(C)CC(=O)O)O6)[C@@H]2C1.[Cl-]. The first-order valence-corrected chi connectivity index (χ1v) is 13.6.